The SMILES string of the molecule is CCCCCCCCCCCC[C@H](O)[C@@H]1CC[C@@H]([C@H](O)CCCC[C@H](O)CCCCC[C@@H](O)CC2=C[C@H](C)OC2=O)O1. The second-order valence-electron chi connectivity index (χ2n) is 13.1. The molecule has 0 saturated carbocycles. The van der Waals surface area contributed by atoms with E-state index in [1.807, 2.05) is 6.92 Å². The van der Waals surface area contributed by atoms with Crippen LogP contribution < -0.4 is 0 Å². The van der Waals surface area contributed by atoms with Gasteiger partial charge in [-0.25, -0.2) is 4.79 Å². The van der Waals surface area contributed by atoms with Crippen molar-refractivity contribution in [1.29, 1.82) is 0 Å². The summed E-state index contributed by atoms with van der Waals surface area (Å²) in [5.74, 6) is -0.314. The summed E-state index contributed by atoms with van der Waals surface area (Å²) in [6.45, 7) is 4.07. The molecule has 0 amide bonds. The lowest BCUT2D eigenvalue weighted by Gasteiger charge is -2.22. The van der Waals surface area contributed by atoms with Crippen molar-refractivity contribution in [1.82, 2.24) is 0 Å². The lowest BCUT2D eigenvalue weighted by atomic mass is 9.99. The van der Waals surface area contributed by atoms with Crippen LogP contribution in [0.15, 0.2) is 11.6 Å². The molecular weight excluding hydrogens is 532 g/mol. The van der Waals surface area contributed by atoms with E-state index in [9.17, 15) is 25.2 Å². The maximum Gasteiger partial charge on any atom is 0.334 e. The van der Waals surface area contributed by atoms with E-state index in [1.165, 1.54) is 57.8 Å². The first-order valence-corrected chi connectivity index (χ1v) is 17.6. The number of ether oxygens (including phenoxy) is 2. The first-order chi connectivity index (χ1) is 20.3. The molecule has 2 rings (SSSR count). The Morgan fingerprint density at radius 3 is 1.62 bits per heavy atom. The number of esters is 1. The van der Waals surface area contributed by atoms with Gasteiger partial charge in [0.25, 0.3) is 0 Å². The summed E-state index contributed by atoms with van der Waals surface area (Å²) in [6, 6.07) is 0. The van der Waals surface area contributed by atoms with Gasteiger partial charge in [-0.2, -0.15) is 0 Å². The van der Waals surface area contributed by atoms with Crippen LogP contribution in [-0.2, 0) is 14.3 Å². The van der Waals surface area contributed by atoms with Crippen molar-refractivity contribution in [3.8, 4) is 0 Å². The highest BCUT2D eigenvalue weighted by Crippen LogP contribution is 2.28. The van der Waals surface area contributed by atoms with Crippen LogP contribution in [0.4, 0.5) is 0 Å². The molecule has 7 atom stereocenters. The van der Waals surface area contributed by atoms with Crippen molar-refractivity contribution in [3.05, 3.63) is 11.6 Å². The Hall–Kier alpha value is -0.990. The predicted octanol–water partition coefficient (Wildman–Crippen LogP) is 7.06. The molecule has 0 aliphatic carbocycles. The van der Waals surface area contributed by atoms with E-state index in [2.05, 4.69) is 6.92 Å². The fourth-order valence-corrected chi connectivity index (χ4v) is 6.42. The van der Waals surface area contributed by atoms with Crippen molar-refractivity contribution in [2.75, 3.05) is 0 Å². The molecule has 0 unspecified atom stereocenters. The molecule has 4 N–H and O–H groups in total. The Kier molecular flexibility index (Phi) is 19.9. The van der Waals surface area contributed by atoms with Gasteiger partial charge in [-0.1, -0.05) is 103 Å². The predicted molar refractivity (Wildman–Crippen MR) is 168 cm³/mol. The highest BCUT2D eigenvalue weighted by atomic mass is 16.5. The van der Waals surface area contributed by atoms with Gasteiger partial charge in [0.15, 0.2) is 0 Å². The fraction of sp³-hybridized carbons (Fsp3) is 0.914. The first-order valence-electron chi connectivity index (χ1n) is 17.6. The van der Waals surface area contributed by atoms with Gasteiger partial charge < -0.3 is 29.9 Å². The number of carbonyl (C=O) groups is 1. The summed E-state index contributed by atoms with van der Waals surface area (Å²) in [7, 11) is 0. The molecule has 7 heteroatoms. The van der Waals surface area contributed by atoms with Crippen LogP contribution in [0.5, 0.6) is 0 Å². The van der Waals surface area contributed by atoms with E-state index in [1.54, 1.807) is 6.08 Å². The van der Waals surface area contributed by atoms with Crippen molar-refractivity contribution >= 4 is 5.97 Å². The number of cyclic esters (lactones) is 1. The molecule has 0 spiro atoms. The van der Waals surface area contributed by atoms with E-state index < -0.39 is 18.3 Å². The number of unbranched alkanes of at least 4 members (excludes halogenated alkanes) is 12. The van der Waals surface area contributed by atoms with Crippen LogP contribution in [0.2, 0.25) is 0 Å². The molecule has 246 valence electrons. The molecule has 1 fully saturated rings. The van der Waals surface area contributed by atoms with Crippen LogP contribution in [0, 0.1) is 0 Å². The Morgan fingerprint density at radius 1 is 0.667 bits per heavy atom. The minimum atomic E-state index is -0.530. The summed E-state index contributed by atoms with van der Waals surface area (Å²) < 4.78 is 11.1. The third kappa shape index (κ3) is 16.2. The molecule has 0 bridgehead atoms. The monoisotopic (exact) mass is 596 g/mol. The number of carbonyl (C=O) groups excluding carboxylic acids is 1. The second-order valence-corrected chi connectivity index (χ2v) is 13.1. The van der Waals surface area contributed by atoms with Gasteiger partial charge in [0.2, 0.25) is 0 Å². The third-order valence-corrected chi connectivity index (χ3v) is 9.11. The summed E-state index contributed by atoms with van der Waals surface area (Å²) in [6.07, 6.45) is 22.4. The van der Waals surface area contributed by atoms with Gasteiger partial charge in [-0.15, -0.1) is 0 Å². The standard InChI is InChI=1S/C35H64O7/c1-3-4-5-6-7-8-9-10-11-15-21-31(38)33-23-24-34(42-33)32(39)22-17-16-19-29(36)18-13-12-14-20-30(37)26-28-25-27(2)41-35(28)40/h25,27,29-34,36-39H,3-24,26H2,1-2H3/t27-,29+,30+,31-,32+,33-,34-/m0/s1. The molecule has 7 nitrogen and oxygen atoms in total. The molecule has 0 radical (unpaired) electrons. The zero-order valence-corrected chi connectivity index (χ0v) is 26.9. The van der Waals surface area contributed by atoms with Gasteiger partial charge in [-0.3, -0.25) is 0 Å². The summed E-state index contributed by atoms with van der Waals surface area (Å²) in [5.41, 5.74) is 0.576. The van der Waals surface area contributed by atoms with Crippen LogP contribution in [0.1, 0.15) is 162 Å². The summed E-state index contributed by atoms with van der Waals surface area (Å²) in [5, 5.41) is 41.7. The van der Waals surface area contributed by atoms with E-state index >= 15 is 0 Å². The highest BCUT2D eigenvalue weighted by molar-refractivity contribution is 5.90. The molecule has 0 aromatic heterocycles. The van der Waals surface area contributed by atoms with E-state index in [4.69, 9.17) is 9.47 Å². The maximum atomic E-state index is 11.6. The van der Waals surface area contributed by atoms with Crippen LogP contribution in [0.3, 0.4) is 0 Å². The van der Waals surface area contributed by atoms with Crippen LogP contribution in [0.25, 0.3) is 0 Å². The lowest BCUT2D eigenvalue weighted by Crippen LogP contribution is -2.31. The number of hydrogen-bond acceptors (Lipinski definition) is 7. The number of hydrogen-bond donors (Lipinski definition) is 4. The molecule has 1 saturated heterocycles. The average molecular weight is 597 g/mol. The van der Waals surface area contributed by atoms with E-state index in [-0.39, 0.29) is 30.4 Å². The smallest absolute Gasteiger partial charge is 0.334 e. The molecule has 2 aliphatic rings. The topological polar surface area (TPSA) is 116 Å². The molecular formula is C35H64O7. The Morgan fingerprint density at radius 2 is 1.10 bits per heavy atom. The van der Waals surface area contributed by atoms with Gasteiger partial charge in [-0.05, 0) is 57.9 Å². The highest BCUT2D eigenvalue weighted by Gasteiger charge is 2.34. The molecule has 42 heavy (non-hydrogen) atoms. The quantitative estimate of drug-likeness (QED) is 0.0624. The number of aliphatic hydroxyl groups excluding tert-OH is 4. The second kappa shape index (κ2) is 22.5. The van der Waals surface area contributed by atoms with Gasteiger partial charge >= 0.3 is 5.97 Å². The molecule has 2 aliphatic heterocycles. The van der Waals surface area contributed by atoms with Crippen molar-refractivity contribution in [2.24, 2.45) is 0 Å². The summed E-state index contributed by atoms with van der Waals surface area (Å²) >= 11 is 0. The Labute approximate surface area is 256 Å². The van der Waals surface area contributed by atoms with Crippen LogP contribution in [-0.4, -0.2) is 69.1 Å². The maximum absolute atomic E-state index is 11.6. The summed E-state index contributed by atoms with van der Waals surface area (Å²) in [4.78, 5) is 11.6. The van der Waals surface area contributed by atoms with Gasteiger partial charge in [0.1, 0.15) is 6.10 Å². The Bertz CT molecular complexity index is 726. The zero-order valence-electron chi connectivity index (χ0n) is 26.9. The first kappa shape index (κ1) is 37.2. The minimum Gasteiger partial charge on any atom is -0.455 e. The number of aliphatic hydroxyl groups is 4. The largest absolute Gasteiger partial charge is 0.455 e. The van der Waals surface area contributed by atoms with Gasteiger partial charge in [0, 0.05) is 12.0 Å². The van der Waals surface area contributed by atoms with Crippen molar-refractivity contribution < 1.29 is 34.7 Å². The minimum absolute atomic E-state index is 0.147. The molecule has 2 heterocycles. The lowest BCUT2D eigenvalue weighted by molar-refractivity contribution is -0.139. The number of rotatable bonds is 26. The van der Waals surface area contributed by atoms with E-state index in [0.29, 0.717) is 24.8 Å². The average Bonchev–Trinajstić information content (AvgIpc) is 3.58. The Balaban J connectivity index is 1.41. The third-order valence-electron chi connectivity index (χ3n) is 9.11. The zero-order chi connectivity index (χ0) is 30.6. The van der Waals surface area contributed by atoms with Crippen molar-refractivity contribution in [3.63, 3.8) is 0 Å². The normalized spacial score (nSPS) is 23.5. The van der Waals surface area contributed by atoms with Crippen LogP contribution >= 0.6 is 0 Å². The van der Waals surface area contributed by atoms with Crippen molar-refractivity contribution in [2.45, 2.75) is 204 Å². The van der Waals surface area contributed by atoms with Gasteiger partial charge in [0.05, 0.1) is 36.6 Å². The fourth-order valence-electron chi connectivity index (χ4n) is 6.42. The molecule has 0 aromatic rings. The molecule has 0 aromatic carbocycles. The van der Waals surface area contributed by atoms with E-state index in [0.717, 1.165) is 70.6 Å².